The summed E-state index contributed by atoms with van der Waals surface area (Å²) in [5.41, 5.74) is 2.71. The quantitative estimate of drug-likeness (QED) is 0.875. The van der Waals surface area contributed by atoms with E-state index >= 15 is 0 Å². The van der Waals surface area contributed by atoms with E-state index in [1.165, 1.54) is 0 Å². The second-order valence-electron chi connectivity index (χ2n) is 5.27. The van der Waals surface area contributed by atoms with Crippen molar-refractivity contribution < 1.29 is 4.74 Å². The number of hydrogen-bond donors (Lipinski definition) is 1. The third kappa shape index (κ3) is 4.00. The van der Waals surface area contributed by atoms with Gasteiger partial charge < -0.3 is 10.1 Å². The zero-order valence-electron chi connectivity index (χ0n) is 12.6. The minimum Gasteiger partial charge on any atom is -0.489 e. The normalized spacial score (nSPS) is 11.8. The zero-order chi connectivity index (χ0) is 15.2. The lowest BCUT2D eigenvalue weighted by molar-refractivity contribution is 0.243. The Kier molecular flexibility index (Phi) is 4.84. The first-order valence-electron chi connectivity index (χ1n) is 7.12. The van der Waals surface area contributed by atoms with E-state index in [-0.39, 0.29) is 12.1 Å². The zero-order valence-corrected chi connectivity index (χ0v) is 12.6. The first-order valence-corrected chi connectivity index (χ1v) is 7.12. The van der Waals surface area contributed by atoms with Crippen LogP contribution in [0.25, 0.3) is 0 Å². The van der Waals surface area contributed by atoms with E-state index in [4.69, 9.17) is 10.00 Å². The maximum atomic E-state index is 8.99. The molecule has 21 heavy (non-hydrogen) atoms. The van der Waals surface area contributed by atoms with Crippen molar-refractivity contribution in [1.82, 2.24) is 0 Å². The van der Waals surface area contributed by atoms with Gasteiger partial charge in [0.05, 0.1) is 23.4 Å². The van der Waals surface area contributed by atoms with Crippen LogP contribution in [-0.4, -0.2) is 6.10 Å². The Morgan fingerprint density at radius 3 is 2.52 bits per heavy atom. The Labute approximate surface area is 126 Å². The van der Waals surface area contributed by atoms with Crippen LogP contribution in [-0.2, 0) is 0 Å². The van der Waals surface area contributed by atoms with Crippen LogP contribution < -0.4 is 10.1 Å². The van der Waals surface area contributed by atoms with Crippen LogP contribution in [0.15, 0.2) is 48.5 Å². The van der Waals surface area contributed by atoms with Crippen molar-refractivity contribution in [3.8, 4) is 11.8 Å². The SMILES string of the molecule is CC(C)Oc1ccccc1NC(C)c1cccc(C#N)c1. The molecule has 0 aliphatic heterocycles. The largest absolute Gasteiger partial charge is 0.489 e. The molecule has 2 rings (SSSR count). The van der Waals surface area contributed by atoms with Gasteiger partial charge in [-0.05, 0) is 50.6 Å². The monoisotopic (exact) mass is 280 g/mol. The van der Waals surface area contributed by atoms with Gasteiger partial charge in [0.25, 0.3) is 0 Å². The average molecular weight is 280 g/mol. The fraction of sp³-hybridized carbons (Fsp3) is 0.278. The molecular weight excluding hydrogens is 260 g/mol. The number of ether oxygens (including phenoxy) is 1. The summed E-state index contributed by atoms with van der Waals surface area (Å²) in [5.74, 6) is 0.843. The van der Waals surface area contributed by atoms with Gasteiger partial charge in [0.2, 0.25) is 0 Å². The van der Waals surface area contributed by atoms with Gasteiger partial charge >= 0.3 is 0 Å². The van der Waals surface area contributed by atoms with Crippen molar-refractivity contribution in [3.05, 3.63) is 59.7 Å². The number of nitrogens with zero attached hydrogens (tertiary/aromatic N) is 1. The molecular formula is C18H20N2O. The van der Waals surface area contributed by atoms with E-state index in [1.807, 2.05) is 62.4 Å². The Bertz CT molecular complexity index is 644. The van der Waals surface area contributed by atoms with Crippen LogP contribution in [0.3, 0.4) is 0 Å². The fourth-order valence-corrected chi connectivity index (χ4v) is 2.14. The van der Waals surface area contributed by atoms with Gasteiger partial charge in [-0.25, -0.2) is 0 Å². The summed E-state index contributed by atoms with van der Waals surface area (Å²) in [6, 6.07) is 17.8. The van der Waals surface area contributed by atoms with Gasteiger partial charge in [0.1, 0.15) is 5.75 Å². The van der Waals surface area contributed by atoms with Gasteiger partial charge in [-0.15, -0.1) is 0 Å². The minimum absolute atomic E-state index is 0.0928. The maximum absolute atomic E-state index is 8.99. The van der Waals surface area contributed by atoms with Crippen molar-refractivity contribution in [3.63, 3.8) is 0 Å². The fourth-order valence-electron chi connectivity index (χ4n) is 2.14. The summed E-state index contributed by atoms with van der Waals surface area (Å²) in [7, 11) is 0. The Morgan fingerprint density at radius 2 is 1.81 bits per heavy atom. The molecule has 0 saturated heterocycles. The lowest BCUT2D eigenvalue weighted by atomic mass is 10.1. The Hall–Kier alpha value is -2.47. The molecule has 0 amide bonds. The van der Waals surface area contributed by atoms with Crippen LogP contribution in [0, 0.1) is 11.3 Å². The molecule has 3 nitrogen and oxygen atoms in total. The first-order chi connectivity index (χ1) is 10.1. The molecule has 0 heterocycles. The standard InChI is InChI=1S/C18H20N2O/c1-13(2)21-18-10-5-4-9-17(18)20-14(3)16-8-6-7-15(11-16)12-19/h4-11,13-14,20H,1-3H3. The molecule has 0 aliphatic carbocycles. The average Bonchev–Trinajstić information content (AvgIpc) is 2.48. The highest BCUT2D eigenvalue weighted by Gasteiger charge is 2.10. The molecule has 1 unspecified atom stereocenters. The predicted molar refractivity (Wildman–Crippen MR) is 85.4 cm³/mol. The third-order valence-electron chi connectivity index (χ3n) is 3.14. The van der Waals surface area contributed by atoms with Crippen LogP contribution >= 0.6 is 0 Å². The molecule has 0 radical (unpaired) electrons. The van der Waals surface area contributed by atoms with Crippen molar-refractivity contribution >= 4 is 5.69 Å². The van der Waals surface area contributed by atoms with E-state index in [2.05, 4.69) is 18.3 Å². The minimum atomic E-state index is 0.0928. The Morgan fingerprint density at radius 1 is 1.05 bits per heavy atom. The van der Waals surface area contributed by atoms with Gasteiger partial charge in [-0.3, -0.25) is 0 Å². The highest BCUT2D eigenvalue weighted by Crippen LogP contribution is 2.29. The summed E-state index contributed by atoms with van der Waals surface area (Å²) in [4.78, 5) is 0. The summed E-state index contributed by atoms with van der Waals surface area (Å²) >= 11 is 0. The van der Waals surface area contributed by atoms with Crippen molar-refractivity contribution in [2.75, 3.05) is 5.32 Å². The van der Waals surface area contributed by atoms with E-state index in [1.54, 1.807) is 0 Å². The van der Waals surface area contributed by atoms with Gasteiger partial charge in [-0.1, -0.05) is 24.3 Å². The molecule has 0 aromatic heterocycles. The summed E-state index contributed by atoms with van der Waals surface area (Å²) in [5, 5.41) is 12.4. The van der Waals surface area contributed by atoms with E-state index in [9.17, 15) is 0 Å². The summed E-state index contributed by atoms with van der Waals surface area (Å²) < 4.78 is 5.81. The highest BCUT2D eigenvalue weighted by atomic mass is 16.5. The van der Waals surface area contributed by atoms with E-state index in [0.29, 0.717) is 5.56 Å². The molecule has 0 fully saturated rings. The number of benzene rings is 2. The molecule has 0 saturated carbocycles. The number of nitriles is 1. The molecule has 1 atom stereocenters. The van der Waals surface area contributed by atoms with Gasteiger partial charge in [0, 0.05) is 6.04 Å². The summed E-state index contributed by atoms with van der Waals surface area (Å²) in [6.45, 7) is 6.09. The molecule has 2 aromatic carbocycles. The lowest BCUT2D eigenvalue weighted by Gasteiger charge is -2.20. The second-order valence-corrected chi connectivity index (χ2v) is 5.27. The highest BCUT2D eigenvalue weighted by molar-refractivity contribution is 5.57. The molecule has 0 aliphatic rings. The van der Waals surface area contributed by atoms with E-state index in [0.717, 1.165) is 17.0 Å². The molecule has 1 N–H and O–H groups in total. The second kappa shape index (κ2) is 6.81. The molecule has 2 aromatic rings. The lowest BCUT2D eigenvalue weighted by Crippen LogP contribution is -2.11. The first kappa shape index (κ1) is 14.9. The molecule has 3 heteroatoms. The number of anilines is 1. The van der Waals surface area contributed by atoms with Crippen LogP contribution in [0.1, 0.15) is 37.9 Å². The number of hydrogen-bond acceptors (Lipinski definition) is 3. The van der Waals surface area contributed by atoms with Crippen molar-refractivity contribution in [2.24, 2.45) is 0 Å². The molecule has 0 spiro atoms. The predicted octanol–water partition coefficient (Wildman–Crippen LogP) is 4.52. The van der Waals surface area contributed by atoms with Gasteiger partial charge in [0.15, 0.2) is 0 Å². The van der Waals surface area contributed by atoms with Crippen molar-refractivity contribution in [1.29, 1.82) is 5.26 Å². The van der Waals surface area contributed by atoms with E-state index < -0.39 is 0 Å². The number of rotatable bonds is 5. The smallest absolute Gasteiger partial charge is 0.142 e. The number of nitrogens with one attached hydrogen (secondary N) is 1. The van der Waals surface area contributed by atoms with Gasteiger partial charge in [-0.2, -0.15) is 5.26 Å². The number of para-hydroxylation sites is 2. The molecule has 108 valence electrons. The topological polar surface area (TPSA) is 45.0 Å². The Balaban J connectivity index is 2.19. The molecule has 0 bridgehead atoms. The van der Waals surface area contributed by atoms with Crippen LogP contribution in [0.4, 0.5) is 5.69 Å². The van der Waals surface area contributed by atoms with Crippen LogP contribution in [0.5, 0.6) is 5.75 Å². The third-order valence-corrected chi connectivity index (χ3v) is 3.14. The van der Waals surface area contributed by atoms with Crippen molar-refractivity contribution in [2.45, 2.75) is 32.9 Å². The maximum Gasteiger partial charge on any atom is 0.142 e. The summed E-state index contributed by atoms with van der Waals surface area (Å²) in [6.07, 6.45) is 0.130. The van der Waals surface area contributed by atoms with Crippen LogP contribution in [0.2, 0.25) is 0 Å².